The van der Waals surface area contributed by atoms with Crippen molar-refractivity contribution in [2.24, 2.45) is 0 Å². The lowest BCUT2D eigenvalue weighted by Crippen LogP contribution is -2.37. The Morgan fingerprint density at radius 1 is 1.35 bits per heavy atom. The van der Waals surface area contributed by atoms with E-state index in [1.165, 1.54) is 11.1 Å². The third-order valence-corrected chi connectivity index (χ3v) is 4.26. The molecule has 1 saturated heterocycles. The van der Waals surface area contributed by atoms with Gasteiger partial charge in [-0.05, 0) is 31.9 Å². The maximum atomic E-state index is 9.13. The number of rotatable bonds is 5. The van der Waals surface area contributed by atoms with Gasteiger partial charge >= 0.3 is 0 Å². The fourth-order valence-corrected chi connectivity index (χ4v) is 3.19. The maximum Gasteiger partial charge on any atom is 0.108 e. The van der Waals surface area contributed by atoms with Gasteiger partial charge in [-0.2, -0.15) is 0 Å². The Kier molecular flexibility index (Phi) is 5.20. The first-order valence-corrected chi connectivity index (χ1v) is 8.21. The zero-order chi connectivity index (χ0) is 16.1. The molecule has 2 aromatic rings. The van der Waals surface area contributed by atoms with Crippen LogP contribution in [-0.4, -0.2) is 44.6 Å². The highest BCUT2D eigenvalue weighted by Crippen LogP contribution is 2.22. The fraction of sp³-hybridized carbons (Fsp3) is 0.444. The highest BCUT2D eigenvalue weighted by Gasteiger charge is 2.22. The minimum atomic E-state index is -0.0463. The van der Waals surface area contributed by atoms with E-state index in [-0.39, 0.29) is 6.61 Å². The standard InChI is InChI=1S/C18H24N4O/c1-15(10-16-6-3-2-4-7-16)11-21-9-5-8-18(13-21)22-12-17(14-23)19-20-22/h2-4,6-7,10,12,18,23H,5,8-9,11,13-14H2,1H3. The molecule has 1 aromatic heterocycles. The molecular formula is C18H24N4O. The van der Waals surface area contributed by atoms with E-state index in [1.807, 2.05) is 16.9 Å². The highest BCUT2D eigenvalue weighted by atomic mass is 16.3. The Balaban J connectivity index is 1.61. The van der Waals surface area contributed by atoms with Gasteiger partial charge in [0.15, 0.2) is 0 Å². The average molecular weight is 312 g/mol. The van der Waals surface area contributed by atoms with Crippen molar-refractivity contribution in [2.45, 2.75) is 32.4 Å². The molecule has 1 N–H and O–H groups in total. The molecule has 1 unspecified atom stereocenters. The second-order valence-corrected chi connectivity index (χ2v) is 6.28. The molecule has 0 saturated carbocycles. The number of hydrogen-bond acceptors (Lipinski definition) is 4. The molecule has 5 heteroatoms. The summed E-state index contributed by atoms with van der Waals surface area (Å²) in [6, 6.07) is 10.8. The molecular weight excluding hydrogens is 288 g/mol. The van der Waals surface area contributed by atoms with Gasteiger partial charge in [0, 0.05) is 13.1 Å². The van der Waals surface area contributed by atoms with Crippen LogP contribution in [0.1, 0.15) is 37.1 Å². The van der Waals surface area contributed by atoms with Crippen LogP contribution in [0.2, 0.25) is 0 Å². The first kappa shape index (κ1) is 15.9. The van der Waals surface area contributed by atoms with Gasteiger partial charge in [0.2, 0.25) is 0 Å². The van der Waals surface area contributed by atoms with Crippen LogP contribution in [0, 0.1) is 0 Å². The molecule has 1 aliphatic rings. The van der Waals surface area contributed by atoms with Gasteiger partial charge in [-0.25, -0.2) is 4.68 Å². The minimum absolute atomic E-state index is 0.0463. The first-order chi connectivity index (χ1) is 11.2. The number of piperidine rings is 1. The van der Waals surface area contributed by atoms with Gasteiger partial charge in [0.25, 0.3) is 0 Å². The predicted octanol–water partition coefficient (Wildman–Crippen LogP) is 2.51. The predicted molar refractivity (Wildman–Crippen MR) is 90.7 cm³/mol. The van der Waals surface area contributed by atoms with E-state index in [9.17, 15) is 0 Å². The molecule has 0 amide bonds. The number of nitrogens with zero attached hydrogens (tertiary/aromatic N) is 4. The van der Waals surface area contributed by atoms with Crippen molar-refractivity contribution >= 4 is 6.08 Å². The topological polar surface area (TPSA) is 54.2 Å². The van der Waals surface area contributed by atoms with Gasteiger partial charge in [-0.1, -0.05) is 47.2 Å². The molecule has 0 aliphatic carbocycles. The number of aromatic nitrogens is 3. The van der Waals surface area contributed by atoms with Gasteiger partial charge < -0.3 is 5.11 Å². The SMILES string of the molecule is CC(=Cc1ccccc1)CN1CCCC(n2cc(CO)nn2)C1. The Morgan fingerprint density at radius 3 is 2.91 bits per heavy atom. The lowest BCUT2D eigenvalue weighted by molar-refractivity contribution is 0.180. The van der Waals surface area contributed by atoms with Crippen LogP contribution in [0.3, 0.4) is 0 Å². The van der Waals surface area contributed by atoms with E-state index in [0.29, 0.717) is 11.7 Å². The molecule has 0 spiro atoms. The molecule has 2 heterocycles. The number of aliphatic hydroxyl groups is 1. The van der Waals surface area contributed by atoms with Crippen molar-refractivity contribution in [3.63, 3.8) is 0 Å². The molecule has 1 aliphatic heterocycles. The van der Waals surface area contributed by atoms with E-state index in [4.69, 9.17) is 5.11 Å². The number of aliphatic hydroxyl groups excluding tert-OH is 1. The maximum absolute atomic E-state index is 9.13. The molecule has 1 aromatic carbocycles. The molecule has 122 valence electrons. The van der Waals surface area contributed by atoms with Crippen LogP contribution in [0.4, 0.5) is 0 Å². The summed E-state index contributed by atoms with van der Waals surface area (Å²) < 4.78 is 1.91. The van der Waals surface area contributed by atoms with E-state index >= 15 is 0 Å². The lowest BCUT2D eigenvalue weighted by atomic mass is 10.0. The molecule has 3 rings (SSSR count). The van der Waals surface area contributed by atoms with E-state index in [1.54, 1.807) is 0 Å². The first-order valence-electron chi connectivity index (χ1n) is 8.21. The van der Waals surface area contributed by atoms with Crippen molar-refractivity contribution in [2.75, 3.05) is 19.6 Å². The fourth-order valence-electron chi connectivity index (χ4n) is 3.19. The van der Waals surface area contributed by atoms with Gasteiger partial charge in [0.05, 0.1) is 18.8 Å². The largest absolute Gasteiger partial charge is 0.390 e. The number of benzene rings is 1. The lowest BCUT2D eigenvalue weighted by Gasteiger charge is -2.32. The summed E-state index contributed by atoms with van der Waals surface area (Å²) >= 11 is 0. The van der Waals surface area contributed by atoms with E-state index < -0.39 is 0 Å². The molecule has 0 bridgehead atoms. The van der Waals surface area contributed by atoms with E-state index in [0.717, 1.165) is 32.5 Å². The number of hydrogen-bond donors (Lipinski definition) is 1. The third kappa shape index (κ3) is 4.27. The Labute approximate surface area is 137 Å². The summed E-state index contributed by atoms with van der Waals surface area (Å²) in [7, 11) is 0. The third-order valence-electron chi connectivity index (χ3n) is 4.26. The zero-order valence-corrected chi connectivity index (χ0v) is 13.6. The summed E-state index contributed by atoms with van der Waals surface area (Å²) in [6.45, 7) is 5.23. The second-order valence-electron chi connectivity index (χ2n) is 6.28. The number of likely N-dealkylation sites (tertiary alicyclic amines) is 1. The molecule has 1 atom stereocenters. The van der Waals surface area contributed by atoms with Crippen molar-refractivity contribution in [1.29, 1.82) is 0 Å². The van der Waals surface area contributed by atoms with Crippen molar-refractivity contribution in [1.82, 2.24) is 19.9 Å². The summed E-state index contributed by atoms with van der Waals surface area (Å²) in [5.74, 6) is 0. The van der Waals surface area contributed by atoms with Crippen molar-refractivity contribution < 1.29 is 5.11 Å². The van der Waals surface area contributed by atoms with Crippen LogP contribution in [-0.2, 0) is 6.61 Å². The minimum Gasteiger partial charge on any atom is -0.390 e. The van der Waals surface area contributed by atoms with Crippen LogP contribution < -0.4 is 0 Å². The molecule has 1 fully saturated rings. The quantitative estimate of drug-likeness (QED) is 0.922. The Morgan fingerprint density at radius 2 is 2.17 bits per heavy atom. The summed E-state index contributed by atoms with van der Waals surface area (Å²) in [6.07, 6.45) is 6.40. The van der Waals surface area contributed by atoms with Gasteiger partial charge in [0.1, 0.15) is 5.69 Å². The van der Waals surface area contributed by atoms with Crippen LogP contribution in [0.25, 0.3) is 6.08 Å². The summed E-state index contributed by atoms with van der Waals surface area (Å²) in [4.78, 5) is 2.48. The van der Waals surface area contributed by atoms with Gasteiger partial charge in [-0.15, -0.1) is 5.10 Å². The Hall–Kier alpha value is -1.98. The smallest absolute Gasteiger partial charge is 0.108 e. The van der Waals surface area contributed by atoms with Crippen molar-refractivity contribution in [3.8, 4) is 0 Å². The monoisotopic (exact) mass is 312 g/mol. The van der Waals surface area contributed by atoms with Gasteiger partial charge in [-0.3, -0.25) is 4.90 Å². The summed E-state index contributed by atoms with van der Waals surface area (Å²) in [5, 5.41) is 17.3. The molecule has 23 heavy (non-hydrogen) atoms. The highest BCUT2D eigenvalue weighted by molar-refractivity contribution is 5.52. The zero-order valence-electron chi connectivity index (χ0n) is 13.6. The molecule has 0 radical (unpaired) electrons. The van der Waals surface area contributed by atoms with E-state index in [2.05, 4.69) is 52.5 Å². The Bertz CT molecular complexity index is 650. The van der Waals surface area contributed by atoms with Crippen LogP contribution >= 0.6 is 0 Å². The van der Waals surface area contributed by atoms with Crippen LogP contribution in [0.5, 0.6) is 0 Å². The van der Waals surface area contributed by atoms with Crippen molar-refractivity contribution in [3.05, 3.63) is 53.4 Å². The average Bonchev–Trinajstić information content (AvgIpc) is 3.05. The second kappa shape index (κ2) is 7.53. The van der Waals surface area contributed by atoms with Crippen LogP contribution in [0.15, 0.2) is 42.1 Å². The normalized spacial score (nSPS) is 19.9. The molecule has 5 nitrogen and oxygen atoms in total. The summed E-state index contributed by atoms with van der Waals surface area (Å²) in [5.41, 5.74) is 3.26.